The highest BCUT2D eigenvalue weighted by molar-refractivity contribution is 5.96. The zero-order chi connectivity index (χ0) is 17.2. The van der Waals surface area contributed by atoms with Gasteiger partial charge in [-0.1, -0.05) is 39.0 Å². The minimum absolute atomic E-state index is 0.0523. The molecule has 0 aliphatic carbocycles. The Morgan fingerprint density at radius 3 is 2.52 bits per heavy atom. The van der Waals surface area contributed by atoms with E-state index in [1.165, 1.54) is 0 Å². The number of carboxylic acid groups (broad SMARTS) is 1. The molecule has 1 saturated heterocycles. The maximum absolute atomic E-state index is 13.0. The molecule has 0 bridgehead atoms. The molecule has 1 aromatic carbocycles. The van der Waals surface area contributed by atoms with Gasteiger partial charge in [-0.3, -0.25) is 9.59 Å². The van der Waals surface area contributed by atoms with Crippen molar-refractivity contribution in [2.45, 2.75) is 51.2 Å². The molecule has 5 nitrogen and oxygen atoms in total. The fourth-order valence-electron chi connectivity index (χ4n) is 3.17. The monoisotopic (exact) mass is 319 g/mol. The Balaban J connectivity index is 2.33. The van der Waals surface area contributed by atoms with Crippen molar-refractivity contribution >= 4 is 11.9 Å². The summed E-state index contributed by atoms with van der Waals surface area (Å²) >= 11 is 0. The lowest BCUT2D eigenvalue weighted by Crippen LogP contribution is -2.38. The molecule has 0 aromatic heterocycles. The fraction of sp³-hybridized carbons (Fsp3) is 0.556. The standard InChI is InChI=1S/C18H25NO4/c1-18(2,3)15-8-6-5-7-14(15)17(22)19-11-13(23-4)9-12(19)10-16(20)21/h5-8,12-13H,9-11H2,1-4H3,(H,20,21). The van der Waals surface area contributed by atoms with Gasteiger partial charge in [0.2, 0.25) is 0 Å². The van der Waals surface area contributed by atoms with Crippen LogP contribution in [0, 0.1) is 0 Å². The van der Waals surface area contributed by atoms with Gasteiger partial charge in [0.25, 0.3) is 5.91 Å². The molecule has 1 aliphatic rings. The first-order valence-electron chi connectivity index (χ1n) is 7.89. The van der Waals surface area contributed by atoms with Crippen molar-refractivity contribution in [3.8, 4) is 0 Å². The average Bonchev–Trinajstić information content (AvgIpc) is 2.88. The first-order chi connectivity index (χ1) is 10.7. The van der Waals surface area contributed by atoms with Gasteiger partial charge >= 0.3 is 5.97 Å². The number of carbonyl (C=O) groups excluding carboxylic acids is 1. The number of ether oxygens (including phenoxy) is 1. The van der Waals surface area contributed by atoms with Gasteiger partial charge in [0.05, 0.1) is 12.5 Å². The number of hydrogen-bond donors (Lipinski definition) is 1. The Bertz CT molecular complexity index is 591. The number of aliphatic carboxylic acids is 1. The third-order valence-corrected chi connectivity index (χ3v) is 4.35. The quantitative estimate of drug-likeness (QED) is 0.926. The zero-order valence-electron chi connectivity index (χ0n) is 14.2. The Morgan fingerprint density at radius 2 is 1.96 bits per heavy atom. The van der Waals surface area contributed by atoms with Crippen LogP contribution in [0.3, 0.4) is 0 Å². The number of methoxy groups -OCH3 is 1. The van der Waals surface area contributed by atoms with Crippen molar-refractivity contribution in [3.63, 3.8) is 0 Å². The average molecular weight is 319 g/mol. The third-order valence-electron chi connectivity index (χ3n) is 4.35. The second-order valence-corrected chi connectivity index (χ2v) is 7.10. The van der Waals surface area contributed by atoms with E-state index in [-0.39, 0.29) is 29.9 Å². The largest absolute Gasteiger partial charge is 0.481 e. The van der Waals surface area contributed by atoms with Crippen LogP contribution >= 0.6 is 0 Å². The number of likely N-dealkylation sites (tertiary alicyclic amines) is 1. The number of rotatable bonds is 4. The molecule has 1 heterocycles. The molecule has 1 N–H and O–H groups in total. The molecule has 2 rings (SSSR count). The molecule has 0 radical (unpaired) electrons. The summed E-state index contributed by atoms with van der Waals surface area (Å²) < 4.78 is 5.35. The molecule has 0 saturated carbocycles. The van der Waals surface area contributed by atoms with Crippen molar-refractivity contribution in [2.75, 3.05) is 13.7 Å². The highest BCUT2D eigenvalue weighted by atomic mass is 16.5. The van der Waals surface area contributed by atoms with E-state index in [0.717, 1.165) is 5.56 Å². The summed E-state index contributed by atoms with van der Waals surface area (Å²) in [5, 5.41) is 9.11. The third kappa shape index (κ3) is 3.91. The molecule has 1 amide bonds. The minimum atomic E-state index is -0.895. The molecular formula is C18H25NO4. The Hall–Kier alpha value is -1.88. The summed E-state index contributed by atoms with van der Waals surface area (Å²) in [6.07, 6.45) is 0.403. The van der Waals surface area contributed by atoms with Crippen molar-refractivity contribution in [3.05, 3.63) is 35.4 Å². The highest BCUT2D eigenvalue weighted by Crippen LogP contribution is 2.30. The van der Waals surface area contributed by atoms with Crippen LogP contribution in [0.25, 0.3) is 0 Å². The summed E-state index contributed by atoms with van der Waals surface area (Å²) in [6.45, 7) is 6.63. The van der Waals surface area contributed by atoms with Gasteiger partial charge in [0, 0.05) is 25.3 Å². The highest BCUT2D eigenvalue weighted by Gasteiger charge is 2.38. The van der Waals surface area contributed by atoms with E-state index in [9.17, 15) is 9.59 Å². The van der Waals surface area contributed by atoms with Crippen LogP contribution in [0.4, 0.5) is 0 Å². The smallest absolute Gasteiger partial charge is 0.305 e. The molecule has 126 valence electrons. The SMILES string of the molecule is COC1CC(CC(=O)O)N(C(=O)c2ccccc2C(C)(C)C)C1. The van der Waals surface area contributed by atoms with Crippen molar-refractivity contribution in [1.82, 2.24) is 4.90 Å². The second kappa shape index (κ2) is 6.71. The van der Waals surface area contributed by atoms with Crippen molar-refractivity contribution < 1.29 is 19.4 Å². The van der Waals surface area contributed by atoms with Crippen LogP contribution < -0.4 is 0 Å². The minimum Gasteiger partial charge on any atom is -0.481 e. The van der Waals surface area contributed by atoms with Gasteiger partial charge in [-0.05, 0) is 23.5 Å². The molecule has 1 aliphatic heterocycles. The number of carbonyl (C=O) groups is 2. The lowest BCUT2D eigenvalue weighted by atomic mass is 9.83. The molecule has 1 aromatic rings. The number of carboxylic acids is 1. The number of nitrogens with zero attached hydrogens (tertiary/aromatic N) is 1. The summed E-state index contributed by atoms with van der Waals surface area (Å²) in [4.78, 5) is 25.8. The molecule has 2 unspecified atom stereocenters. The molecule has 5 heteroatoms. The Kier molecular flexibility index (Phi) is 5.09. The fourth-order valence-corrected chi connectivity index (χ4v) is 3.17. The molecule has 23 heavy (non-hydrogen) atoms. The van der Waals surface area contributed by atoms with E-state index in [2.05, 4.69) is 20.8 Å². The normalized spacial score (nSPS) is 21.5. The van der Waals surface area contributed by atoms with Crippen molar-refractivity contribution in [1.29, 1.82) is 0 Å². The van der Waals surface area contributed by atoms with Gasteiger partial charge in [-0.25, -0.2) is 0 Å². The van der Waals surface area contributed by atoms with E-state index in [1.807, 2.05) is 24.3 Å². The lowest BCUT2D eigenvalue weighted by molar-refractivity contribution is -0.137. The Morgan fingerprint density at radius 1 is 1.30 bits per heavy atom. The second-order valence-electron chi connectivity index (χ2n) is 7.10. The first-order valence-corrected chi connectivity index (χ1v) is 7.89. The topological polar surface area (TPSA) is 66.8 Å². The van der Waals surface area contributed by atoms with Crippen LogP contribution in [0.5, 0.6) is 0 Å². The van der Waals surface area contributed by atoms with Crippen LogP contribution in [0.2, 0.25) is 0 Å². The van der Waals surface area contributed by atoms with Gasteiger partial charge in [-0.2, -0.15) is 0 Å². The van der Waals surface area contributed by atoms with Gasteiger partial charge in [-0.15, -0.1) is 0 Å². The number of hydrogen-bond acceptors (Lipinski definition) is 3. The zero-order valence-corrected chi connectivity index (χ0v) is 14.2. The summed E-state index contributed by atoms with van der Waals surface area (Å²) in [5.74, 6) is -1.00. The van der Waals surface area contributed by atoms with Gasteiger partial charge in [0.15, 0.2) is 0 Å². The predicted molar refractivity (Wildman–Crippen MR) is 87.6 cm³/mol. The summed E-state index contributed by atoms with van der Waals surface area (Å²) in [7, 11) is 1.60. The molecule has 2 atom stereocenters. The van der Waals surface area contributed by atoms with E-state index >= 15 is 0 Å². The summed E-state index contributed by atoms with van der Waals surface area (Å²) in [5.41, 5.74) is 1.46. The number of amides is 1. The maximum Gasteiger partial charge on any atom is 0.305 e. The van der Waals surface area contributed by atoms with Gasteiger partial charge < -0.3 is 14.7 Å². The van der Waals surface area contributed by atoms with Crippen LogP contribution in [0.1, 0.15) is 49.5 Å². The van der Waals surface area contributed by atoms with Crippen molar-refractivity contribution in [2.24, 2.45) is 0 Å². The van der Waals surface area contributed by atoms with Crippen LogP contribution in [-0.2, 0) is 14.9 Å². The first kappa shape index (κ1) is 17.5. The summed E-state index contributed by atoms with van der Waals surface area (Å²) in [6, 6.07) is 7.23. The number of benzene rings is 1. The van der Waals surface area contributed by atoms with Crippen LogP contribution in [0.15, 0.2) is 24.3 Å². The molecule has 1 fully saturated rings. The Labute approximate surface area is 137 Å². The van der Waals surface area contributed by atoms with E-state index in [4.69, 9.17) is 9.84 Å². The maximum atomic E-state index is 13.0. The van der Waals surface area contributed by atoms with E-state index < -0.39 is 5.97 Å². The van der Waals surface area contributed by atoms with E-state index in [0.29, 0.717) is 18.5 Å². The van der Waals surface area contributed by atoms with Gasteiger partial charge in [0.1, 0.15) is 0 Å². The lowest BCUT2D eigenvalue weighted by Gasteiger charge is -2.28. The predicted octanol–water partition coefficient (Wildman–Crippen LogP) is 2.69. The van der Waals surface area contributed by atoms with Crippen LogP contribution in [-0.4, -0.2) is 47.7 Å². The van der Waals surface area contributed by atoms with E-state index in [1.54, 1.807) is 12.0 Å². The molecular weight excluding hydrogens is 294 g/mol. The molecule has 0 spiro atoms.